The monoisotopic (exact) mass is 378 g/mol. The van der Waals surface area contributed by atoms with Gasteiger partial charge in [0.25, 0.3) is 10.0 Å². The molecule has 0 atom stereocenters. The molecule has 2 aromatic carbocycles. The molecule has 0 radical (unpaired) electrons. The van der Waals surface area contributed by atoms with Crippen LogP contribution in [0.25, 0.3) is 11.0 Å². The lowest BCUT2D eigenvalue weighted by Gasteiger charge is -2.11. The molecule has 3 rings (SSSR count). The highest BCUT2D eigenvalue weighted by Gasteiger charge is 2.24. The van der Waals surface area contributed by atoms with Crippen LogP contribution in [0.1, 0.15) is 24.3 Å². The summed E-state index contributed by atoms with van der Waals surface area (Å²) in [5, 5.41) is 22.8. The summed E-state index contributed by atoms with van der Waals surface area (Å²) >= 11 is 0. The second-order valence-corrected chi connectivity index (χ2v) is 7.22. The van der Waals surface area contributed by atoms with Crippen LogP contribution in [0.2, 0.25) is 0 Å². The number of fused-ring (bicyclic) bond motifs is 1. The van der Waals surface area contributed by atoms with Crippen LogP contribution in [0.3, 0.4) is 0 Å². The third-order valence-corrected chi connectivity index (χ3v) is 5.32. The predicted octanol–water partition coefficient (Wildman–Crippen LogP) is 2.18. The highest BCUT2D eigenvalue weighted by Crippen LogP contribution is 2.32. The summed E-state index contributed by atoms with van der Waals surface area (Å²) < 4.78 is 38.3. The fraction of sp³-hybridized carbons (Fsp3) is 0.235. The molecule has 0 unspecified atom stereocenters. The number of benzene rings is 2. The number of aliphatic hydroxyl groups is 2. The van der Waals surface area contributed by atoms with Crippen LogP contribution in [-0.4, -0.2) is 30.9 Å². The second-order valence-electron chi connectivity index (χ2n) is 5.57. The van der Waals surface area contributed by atoms with Gasteiger partial charge in [-0.2, -0.15) is 0 Å². The van der Waals surface area contributed by atoms with E-state index in [9.17, 15) is 18.6 Å². The fourth-order valence-corrected chi connectivity index (χ4v) is 3.83. The van der Waals surface area contributed by atoms with E-state index in [2.05, 4.69) is 9.88 Å². The summed E-state index contributed by atoms with van der Waals surface area (Å²) in [5.74, 6) is 0.153. The average Bonchev–Trinajstić information content (AvgIpc) is 3.03. The molecule has 0 spiro atoms. The van der Waals surface area contributed by atoms with Crippen molar-refractivity contribution in [2.45, 2.75) is 24.5 Å². The van der Waals surface area contributed by atoms with Crippen molar-refractivity contribution in [3.05, 3.63) is 47.5 Å². The van der Waals surface area contributed by atoms with Gasteiger partial charge >= 0.3 is 0 Å². The van der Waals surface area contributed by atoms with Crippen molar-refractivity contribution in [1.29, 1.82) is 0 Å². The lowest BCUT2D eigenvalue weighted by atomic mass is 10.1. The van der Waals surface area contributed by atoms with E-state index in [0.29, 0.717) is 11.8 Å². The standard InChI is InChI=1S/C17H18N2O6S/c1-3-10-7-8-13(24-2)14(9-10)26(22,23)19-16-11-5-4-6-12(17(20)21)15(11)25-18-16/h4-9,17,20-21H,3H2,1-2H3,(H,18,19). The van der Waals surface area contributed by atoms with E-state index in [1.54, 1.807) is 24.3 Å². The van der Waals surface area contributed by atoms with Crippen LogP contribution in [0.15, 0.2) is 45.8 Å². The maximum absolute atomic E-state index is 12.8. The number of nitrogens with zero attached hydrogens (tertiary/aromatic N) is 1. The Morgan fingerprint density at radius 1 is 1.27 bits per heavy atom. The van der Waals surface area contributed by atoms with Gasteiger partial charge in [0, 0.05) is 0 Å². The maximum atomic E-state index is 12.8. The molecule has 26 heavy (non-hydrogen) atoms. The fourth-order valence-electron chi connectivity index (χ4n) is 2.59. The summed E-state index contributed by atoms with van der Waals surface area (Å²) in [6.07, 6.45) is -1.10. The minimum absolute atomic E-state index is 0.0196. The van der Waals surface area contributed by atoms with Gasteiger partial charge in [-0.15, -0.1) is 0 Å². The Hall–Kier alpha value is -2.62. The van der Waals surface area contributed by atoms with E-state index in [-0.39, 0.29) is 27.6 Å². The van der Waals surface area contributed by atoms with Gasteiger partial charge in [0.2, 0.25) is 0 Å². The summed E-state index contributed by atoms with van der Waals surface area (Å²) in [5.41, 5.74) is 1.02. The molecule has 1 heterocycles. The molecule has 3 N–H and O–H groups in total. The molecular formula is C17H18N2O6S. The molecular weight excluding hydrogens is 360 g/mol. The number of ether oxygens (including phenoxy) is 1. The maximum Gasteiger partial charge on any atom is 0.266 e. The number of para-hydroxylation sites is 1. The van der Waals surface area contributed by atoms with Crippen LogP contribution in [0, 0.1) is 0 Å². The van der Waals surface area contributed by atoms with Gasteiger partial charge in [0.05, 0.1) is 18.1 Å². The minimum Gasteiger partial charge on any atom is -0.495 e. The first-order valence-corrected chi connectivity index (χ1v) is 9.30. The second kappa shape index (κ2) is 6.94. The number of anilines is 1. The van der Waals surface area contributed by atoms with E-state index in [1.165, 1.54) is 19.2 Å². The van der Waals surface area contributed by atoms with Gasteiger partial charge in [-0.1, -0.05) is 30.3 Å². The Morgan fingerprint density at radius 2 is 2.04 bits per heavy atom. The van der Waals surface area contributed by atoms with E-state index in [1.807, 2.05) is 6.92 Å². The number of methoxy groups -OCH3 is 1. The molecule has 0 saturated heterocycles. The predicted molar refractivity (Wildman–Crippen MR) is 94.4 cm³/mol. The first kappa shape index (κ1) is 18.2. The number of sulfonamides is 1. The van der Waals surface area contributed by atoms with Crippen molar-refractivity contribution in [2.75, 3.05) is 11.8 Å². The molecule has 9 heteroatoms. The molecule has 0 bridgehead atoms. The zero-order valence-electron chi connectivity index (χ0n) is 14.1. The molecule has 0 aliphatic carbocycles. The largest absolute Gasteiger partial charge is 0.495 e. The number of rotatable bonds is 6. The molecule has 0 saturated carbocycles. The number of nitrogens with one attached hydrogen (secondary N) is 1. The number of hydrogen-bond donors (Lipinski definition) is 3. The van der Waals surface area contributed by atoms with Crippen molar-refractivity contribution in [3.8, 4) is 5.75 Å². The molecule has 0 aliphatic rings. The van der Waals surface area contributed by atoms with E-state index >= 15 is 0 Å². The number of hydrogen-bond acceptors (Lipinski definition) is 7. The molecule has 1 aromatic heterocycles. The van der Waals surface area contributed by atoms with Crippen LogP contribution in [0.5, 0.6) is 5.75 Å². The van der Waals surface area contributed by atoms with Crippen LogP contribution < -0.4 is 9.46 Å². The minimum atomic E-state index is -4.01. The highest BCUT2D eigenvalue weighted by molar-refractivity contribution is 7.92. The molecule has 0 aliphatic heterocycles. The Morgan fingerprint density at radius 3 is 2.69 bits per heavy atom. The van der Waals surface area contributed by atoms with Gasteiger partial charge in [-0.3, -0.25) is 4.72 Å². The van der Waals surface area contributed by atoms with Crippen LogP contribution in [-0.2, 0) is 16.4 Å². The van der Waals surface area contributed by atoms with Gasteiger partial charge in [-0.05, 0) is 30.2 Å². The van der Waals surface area contributed by atoms with Crippen LogP contribution in [0.4, 0.5) is 5.82 Å². The van der Waals surface area contributed by atoms with E-state index < -0.39 is 16.3 Å². The van der Waals surface area contributed by atoms with Gasteiger partial charge in [0.1, 0.15) is 10.6 Å². The third-order valence-electron chi connectivity index (χ3n) is 3.96. The Labute approximate surface area is 150 Å². The van der Waals surface area contributed by atoms with E-state index in [0.717, 1.165) is 5.56 Å². The Kier molecular flexibility index (Phi) is 4.86. The van der Waals surface area contributed by atoms with Crippen molar-refractivity contribution < 1.29 is 27.9 Å². The molecule has 138 valence electrons. The molecule has 8 nitrogen and oxygen atoms in total. The summed E-state index contributed by atoms with van der Waals surface area (Å²) in [6, 6.07) is 9.48. The summed E-state index contributed by atoms with van der Waals surface area (Å²) in [4.78, 5) is -0.0196. The summed E-state index contributed by atoms with van der Waals surface area (Å²) in [7, 11) is -2.62. The van der Waals surface area contributed by atoms with Gasteiger partial charge in [0.15, 0.2) is 17.7 Å². The number of aryl methyl sites for hydroxylation is 1. The average molecular weight is 378 g/mol. The lowest BCUT2D eigenvalue weighted by Crippen LogP contribution is -2.15. The SMILES string of the molecule is CCc1ccc(OC)c(S(=O)(=O)Nc2noc3c(C(O)O)cccc23)c1. The molecule has 3 aromatic rings. The van der Waals surface area contributed by atoms with Gasteiger partial charge < -0.3 is 19.5 Å². The van der Waals surface area contributed by atoms with Crippen molar-refractivity contribution in [1.82, 2.24) is 5.16 Å². The normalized spacial score (nSPS) is 11.9. The quantitative estimate of drug-likeness (QED) is 0.562. The lowest BCUT2D eigenvalue weighted by molar-refractivity contribution is -0.0420. The zero-order valence-corrected chi connectivity index (χ0v) is 14.9. The van der Waals surface area contributed by atoms with Gasteiger partial charge in [-0.25, -0.2) is 8.42 Å². The molecule has 0 amide bonds. The highest BCUT2D eigenvalue weighted by atomic mass is 32.2. The first-order chi connectivity index (χ1) is 12.4. The zero-order chi connectivity index (χ0) is 18.9. The molecule has 0 fully saturated rings. The Bertz CT molecular complexity index is 1040. The first-order valence-electron chi connectivity index (χ1n) is 7.81. The smallest absolute Gasteiger partial charge is 0.266 e. The number of aliphatic hydroxyl groups excluding tert-OH is 1. The topological polar surface area (TPSA) is 122 Å². The van der Waals surface area contributed by atoms with E-state index in [4.69, 9.17) is 9.26 Å². The van der Waals surface area contributed by atoms with Crippen molar-refractivity contribution in [2.24, 2.45) is 0 Å². The van der Waals surface area contributed by atoms with Crippen LogP contribution >= 0.6 is 0 Å². The third kappa shape index (κ3) is 3.24. The van der Waals surface area contributed by atoms with Crippen molar-refractivity contribution >= 4 is 26.8 Å². The number of aromatic nitrogens is 1. The summed E-state index contributed by atoms with van der Waals surface area (Å²) in [6.45, 7) is 1.92. The Balaban J connectivity index is 2.06. The van der Waals surface area contributed by atoms with Crippen molar-refractivity contribution in [3.63, 3.8) is 0 Å².